The Hall–Kier alpha value is -4.02. The minimum Gasteiger partial charge on any atom is -0.472 e. The Morgan fingerprint density at radius 3 is 2.39 bits per heavy atom. The van der Waals surface area contributed by atoms with Gasteiger partial charge in [0.1, 0.15) is 17.2 Å². The fourth-order valence-electron chi connectivity index (χ4n) is 6.26. The molecule has 2 atom stereocenters. The van der Waals surface area contributed by atoms with Crippen molar-refractivity contribution in [3.05, 3.63) is 113 Å². The molecule has 5 aromatic rings. The number of hydrogen-bond acceptors (Lipinski definition) is 3. The minimum absolute atomic E-state index is 0.258. The van der Waals surface area contributed by atoms with Crippen LogP contribution in [-0.4, -0.2) is 11.6 Å². The van der Waals surface area contributed by atoms with Gasteiger partial charge in [-0.3, -0.25) is 0 Å². The lowest BCUT2D eigenvalue weighted by Crippen LogP contribution is -2.41. The quantitative estimate of drug-likeness (QED) is 0.299. The van der Waals surface area contributed by atoms with Gasteiger partial charge in [0, 0.05) is 46.2 Å². The van der Waals surface area contributed by atoms with Crippen LogP contribution in [0.3, 0.4) is 0 Å². The number of aromatic nitrogens is 1. The van der Waals surface area contributed by atoms with Crippen LogP contribution in [0, 0.1) is 0 Å². The van der Waals surface area contributed by atoms with Crippen molar-refractivity contribution in [1.29, 1.82) is 0 Å². The predicted molar refractivity (Wildman–Crippen MR) is 144 cm³/mol. The third-order valence-corrected chi connectivity index (χ3v) is 7.89. The second kappa shape index (κ2) is 7.74. The molecule has 0 fully saturated rings. The van der Waals surface area contributed by atoms with Gasteiger partial charge in [-0.25, -0.2) is 0 Å². The molecule has 4 aromatic carbocycles. The van der Waals surface area contributed by atoms with Crippen molar-refractivity contribution in [2.24, 2.45) is 7.05 Å². The van der Waals surface area contributed by atoms with Gasteiger partial charge in [-0.05, 0) is 49.4 Å². The van der Waals surface area contributed by atoms with Crippen LogP contribution >= 0.6 is 0 Å². The highest BCUT2D eigenvalue weighted by atomic mass is 16.5. The molecule has 4 nitrogen and oxygen atoms in total. The number of nitrogens with zero attached hydrogens (tertiary/aromatic N) is 1. The number of para-hydroxylation sites is 3. The number of hydrogen-bond donors (Lipinski definition) is 1. The molecule has 2 aliphatic heterocycles. The fourth-order valence-corrected chi connectivity index (χ4v) is 6.26. The van der Waals surface area contributed by atoms with Crippen LogP contribution < -0.4 is 14.8 Å². The number of ether oxygens (including phenoxy) is 2. The Bertz CT molecular complexity index is 1650. The molecule has 7 rings (SSSR count). The van der Waals surface area contributed by atoms with Crippen molar-refractivity contribution in [3.63, 3.8) is 0 Å². The molecular weight excluding hydrogens is 444 g/mol. The van der Waals surface area contributed by atoms with E-state index in [1.807, 2.05) is 19.2 Å². The first-order valence-corrected chi connectivity index (χ1v) is 12.6. The molecule has 0 bridgehead atoms. The predicted octanol–water partition coefficient (Wildman–Crippen LogP) is 7.31. The lowest BCUT2D eigenvalue weighted by atomic mass is 9.74. The van der Waals surface area contributed by atoms with Gasteiger partial charge in [-0.1, -0.05) is 67.6 Å². The molecule has 4 heteroatoms. The first-order chi connectivity index (χ1) is 17.7. The van der Waals surface area contributed by atoms with Crippen LogP contribution in [0.2, 0.25) is 0 Å². The van der Waals surface area contributed by atoms with E-state index in [2.05, 4.69) is 103 Å². The van der Waals surface area contributed by atoms with Gasteiger partial charge >= 0.3 is 0 Å². The van der Waals surface area contributed by atoms with E-state index in [1.54, 1.807) is 0 Å². The summed E-state index contributed by atoms with van der Waals surface area (Å²) in [5.41, 5.74) is 7.08. The number of benzene rings is 4. The van der Waals surface area contributed by atoms with Crippen LogP contribution in [0.25, 0.3) is 22.2 Å². The van der Waals surface area contributed by atoms with Gasteiger partial charge in [-0.15, -0.1) is 0 Å². The third-order valence-electron chi connectivity index (χ3n) is 7.89. The first kappa shape index (κ1) is 21.3. The summed E-state index contributed by atoms with van der Waals surface area (Å²) < 4.78 is 16.1. The summed E-state index contributed by atoms with van der Waals surface area (Å²) in [4.78, 5) is 0. The van der Waals surface area contributed by atoms with Crippen LogP contribution in [0.5, 0.6) is 17.2 Å². The maximum Gasteiger partial charge on any atom is 0.194 e. The molecule has 178 valence electrons. The first-order valence-electron chi connectivity index (χ1n) is 12.6. The molecule has 2 unspecified atom stereocenters. The molecule has 0 saturated carbocycles. The molecule has 3 heterocycles. The summed E-state index contributed by atoms with van der Waals surface area (Å²) in [6.07, 6.45) is 0.994. The van der Waals surface area contributed by atoms with Crippen LogP contribution in [0.15, 0.2) is 91.0 Å². The zero-order chi connectivity index (χ0) is 24.4. The lowest BCUT2D eigenvalue weighted by molar-refractivity contribution is 0.139. The van der Waals surface area contributed by atoms with Gasteiger partial charge < -0.3 is 19.4 Å². The number of fused-ring (bicyclic) bond motifs is 10. The second-order valence-electron chi connectivity index (χ2n) is 9.68. The van der Waals surface area contributed by atoms with Gasteiger partial charge in [0.25, 0.3) is 0 Å². The van der Waals surface area contributed by atoms with E-state index in [-0.39, 0.29) is 6.04 Å². The molecule has 0 aliphatic carbocycles. The Morgan fingerprint density at radius 2 is 1.56 bits per heavy atom. The molecule has 1 spiro atoms. The van der Waals surface area contributed by atoms with E-state index in [9.17, 15) is 0 Å². The zero-order valence-corrected chi connectivity index (χ0v) is 20.7. The standard InChI is InChI=1S/C32H28N2O2/c1-4-25(33-2)20-17-18-24-29(19-20)35-28-16-10-7-13-23(28)32(24)30-21-11-5-8-14-26(21)34(3)31(30)22-12-6-9-15-27(22)36-32/h5-19,25,33H,4H2,1-3H3. The van der Waals surface area contributed by atoms with Crippen molar-refractivity contribution in [3.8, 4) is 28.5 Å². The lowest BCUT2D eigenvalue weighted by Gasteiger charge is -2.44. The third kappa shape index (κ3) is 2.68. The fraction of sp³-hybridized carbons (Fsp3) is 0.188. The van der Waals surface area contributed by atoms with Crippen molar-refractivity contribution in [2.75, 3.05) is 7.05 Å². The second-order valence-corrected chi connectivity index (χ2v) is 9.68. The molecule has 0 amide bonds. The SMILES string of the molecule is CCC(NC)c1ccc2c(c1)Oc1ccccc1C21Oc2ccccc2-c2c1c1ccccc1n2C. The van der Waals surface area contributed by atoms with Gasteiger partial charge in [0.2, 0.25) is 0 Å². The molecular formula is C32H28N2O2. The molecule has 0 radical (unpaired) electrons. The smallest absolute Gasteiger partial charge is 0.194 e. The number of rotatable bonds is 3. The summed E-state index contributed by atoms with van der Waals surface area (Å²) in [5.74, 6) is 2.56. The van der Waals surface area contributed by atoms with Crippen LogP contribution in [0.1, 0.15) is 41.6 Å². The van der Waals surface area contributed by atoms with E-state index in [4.69, 9.17) is 9.47 Å². The summed E-state index contributed by atoms with van der Waals surface area (Å²) in [7, 11) is 4.17. The Balaban J connectivity index is 1.63. The van der Waals surface area contributed by atoms with Crippen LogP contribution in [0.4, 0.5) is 0 Å². The van der Waals surface area contributed by atoms with E-state index in [0.717, 1.165) is 40.4 Å². The summed E-state index contributed by atoms with van der Waals surface area (Å²) >= 11 is 0. The average molecular weight is 473 g/mol. The Kier molecular flexibility index (Phi) is 4.57. The molecule has 36 heavy (non-hydrogen) atoms. The molecule has 1 N–H and O–H groups in total. The monoisotopic (exact) mass is 472 g/mol. The summed E-state index contributed by atoms with van der Waals surface area (Å²) in [6, 6.07) is 32.2. The van der Waals surface area contributed by atoms with Crippen LogP contribution in [-0.2, 0) is 12.6 Å². The van der Waals surface area contributed by atoms with E-state index in [0.29, 0.717) is 0 Å². The largest absolute Gasteiger partial charge is 0.472 e. The Labute approximate surface area is 211 Å². The van der Waals surface area contributed by atoms with E-state index in [1.165, 1.54) is 27.7 Å². The van der Waals surface area contributed by atoms with Crippen molar-refractivity contribution >= 4 is 10.9 Å². The topological polar surface area (TPSA) is 35.4 Å². The Morgan fingerprint density at radius 1 is 0.833 bits per heavy atom. The van der Waals surface area contributed by atoms with Gasteiger partial charge in [-0.2, -0.15) is 0 Å². The van der Waals surface area contributed by atoms with Gasteiger partial charge in [0.15, 0.2) is 5.60 Å². The van der Waals surface area contributed by atoms with E-state index < -0.39 is 5.60 Å². The number of nitrogens with one attached hydrogen (secondary N) is 1. The van der Waals surface area contributed by atoms with Gasteiger partial charge in [0.05, 0.1) is 5.69 Å². The molecule has 0 saturated heterocycles. The number of aryl methyl sites for hydroxylation is 1. The normalized spacial score (nSPS) is 18.0. The van der Waals surface area contributed by atoms with E-state index >= 15 is 0 Å². The maximum absolute atomic E-state index is 7.21. The molecule has 2 aliphatic rings. The molecule has 1 aromatic heterocycles. The summed E-state index contributed by atoms with van der Waals surface area (Å²) in [5, 5.41) is 4.62. The highest BCUT2D eigenvalue weighted by Crippen LogP contribution is 2.60. The van der Waals surface area contributed by atoms with Crippen molar-refractivity contribution < 1.29 is 9.47 Å². The van der Waals surface area contributed by atoms with Crippen molar-refractivity contribution in [2.45, 2.75) is 25.0 Å². The minimum atomic E-state index is -0.839. The highest BCUT2D eigenvalue weighted by Gasteiger charge is 2.52. The average Bonchev–Trinajstić information content (AvgIpc) is 3.23. The highest BCUT2D eigenvalue weighted by molar-refractivity contribution is 5.97. The van der Waals surface area contributed by atoms with Crippen molar-refractivity contribution in [1.82, 2.24) is 9.88 Å². The maximum atomic E-state index is 7.21. The summed E-state index contributed by atoms with van der Waals surface area (Å²) in [6.45, 7) is 2.20. The zero-order valence-electron chi connectivity index (χ0n) is 20.7.